The van der Waals surface area contributed by atoms with Gasteiger partial charge in [0.1, 0.15) is 0 Å². The Labute approximate surface area is 213 Å². The van der Waals surface area contributed by atoms with Gasteiger partial charge in [-0.1, -0.05) is 23.7 Å². The lowest BCUT2D eigenvalue weighted by atomic mass is 10.1. The number of rotatable bonds is 4. The minimum absolute atomic E-state index is 0.188. The molecule has 5 rings (SSSR count). The average molecular weight is 530 g/mol. The Morgan fingerprint density at radius 1 is 1.11 bits per heavy atom. The summed E-state index contributed by atoms with van der Waals surface area (Å²) in [4.78, 5) is 22.0. The lowest BCUT2D eigenvalue weighted by Crippen LogP contribution is -2.46. The molecule has 2 aliphatic heterocycles. The van der Waals surface area contributed by atoms with Gasteiger partial charge in [0.15, 0.2) is 15.0 Å². The molecular formula is C24H24ClN5O3S2. The van der Waals surface area contributed by atoms with Gasteiger partial charge in [-0.3, -0.25) is 9.48 Å². The predicted octanol–water partition coefficient (Wildman–Crippen LogP) is 3.36. The van der Waals surface area contributed by atoms with Gasteiger partial charge in [0.2, 0.25) is 0 Å². The van der Waals surface area contributed by atoms with E-state index in [0.717, 1.165) is 59.6 Å². The molecule has 2 aromatic carbocycles. The van der Waals surface area contributed by atoms with Crippen molar-refractivity contribution in [3.05, 3.63) is 63.6 Å². The second-order valence-corrected chi connectivity index (χ2v) is 12.2. The Kier molecular flexibility index (Phi) is 6.47. The van der Waals surface area contributed by atoms with E-state index in [1.54, 1.807) is 18.3 Å². The normalized spacial score (nSPS) is 18.6. The number of halogens is 1. The first kappa shape index (κ1) is 24.1. The Hall–Kier alpha value is -2.66. The van der Waals surface area contributed by atoms with E-state index in [1.165, 1.54) is 17.8 Å². The van der Waals surface area contributed by atoms with E-state index in [9.17, 15) is 13.2 Å². The van der Waals surface area contributed by atoms with Crippen LogP contribution in [-0.4, -0.2) is 78.6 Å². The van der Waals surface area contributed by atoms with Crippen LogP contribution in [0.2, 0.25) is 5.02 Å². The average Bonchev–Trinajstić information content (AvgIpc) is 3.38. The highest BCUT2D eigenvalue weighted by Crippen LogP contribution is 2.31. The maximum absolute atomic E-state index is 12.5. The number of nitrogens with zero attached hydrogens (tertiary/aromatic N) is 5. The number of fused-ring (bicyclic) bond motifs is 1. The maximum Gasteiger partial charge on any atom is 0.286 e. The number of hydrogen-bond donors (Lipinski definition) is 0. The number of thioether (sulfide) groups is 1. The molecule has 0 radical (unpaired) electrons. The quantitative estimate of drug-likeness (QED) is 0.479. The number of aromatic nitrogens is 2. The van der Waals surface area contributed by atoms with Crippen LogP contribution in [0.3, 0.4) is 0 Å². The first-order valence-electron chi connectivity index (χ1n) is 11.1. The molecule has 182 valence electrons. The van der Waals surface area contributed by atoms with Crippen molar-refractivity contribution in [1.29, 1.82) is 0 Å². The molecular weight excluding hydrogens is 506 g/mol. The number of amides is 1. The minimum Gasteiger partial charge on any atom is -0.348 e. The third-order valence-electron chi connectivity index (χ3n) is 6.12. The van der Waals surface area contributed by atoms with Crippen molar-refractivity contribution in [2.24, 2.45) is 4.99 Å². The van der Waals surface area contributed by atoms with Crippen LogP contribution < -0.4 is 0 Å². The molecule has 0 N–H and O–H groups in total. The maximum atomic E-state index is 12.5. The summed E-state index contributed by atoms with van der Waals surface area (Å²) < 4.78 is 25.3. The summed E-state index contributed by atoms with van der Waals surface area (Å²) in [6.07, 6.45) is 4.80. The molecule has 1 saturated heterocycles. The highest BCUT2D eigenvalue weighted by molar-refractivity contribution is 8.18. The third kappa shape index (κ3) is 5.16. The van der Waals surface area contributed by atoms with E-state index in [0.29, 0.717) is 16.5 Å². The Balaban J connectivity index is 1.33. The fourth-order valence-corrected chi connectivity index (χ4v) is 5.97. The number of benzene rings is 2. The Morgan fingerprint density at radius 2 is 1.89 bits per heavy atom. The molecule has 0 aliphatic carbocycles. The summed E-state index contributed by atoms with van der Waals surface area (Å²) in [6.45, 7) is 4.06. The van der Waals surface area contributed by atoms with Crippen LogP contribution in [-0.2, 0) is 21.2 Å². The lowest BCUT2D eigenvalue weighted by molar-refractivity contribution is -0.113. The van der Waals surface area contributed by atoms with E-state index >= 15 is 0 Å². The molecule has 2 aliphatic rings. The second-order valence-electron chi connectivity index (χ2n) is 8.75. The summed E-state index contributed by atoms with van der Waals surface area (Å²) >= 11 is 7.78. The minimum atomic E-state index is -3.32. The van der Waals surface area contributed by atoms with Gasteiger partial charge in [-0.15, -0.1) is 0 Å². The second kappa shape index (κ2) is 9.42. The van der Waals surface area contributed by atoms with Gasteiger partial charge in [-0.05, 0) is 60.3 Å². The zero-order chi connectivity index (χ0) is 24.7. The highest BCUT2D eigenvalue weighted by atomic mass is 35.5. The molecule has 0 bridgehead atoms. The number of likely N-dealkylation sites (N-methyl/N-ethyl adjacent to an activating group) is 1. The van der Waals surface area contributed by atoms with Crippen molar-refractivity contribution in [3.63, 3.8) is 0 Å². The van der Waals surface area contributed by atoms with Gasteiger partial charge in [0.25, 0.3) is 5.91 Å². The molecule has 3 heterocycles. The van der Waals surface area contributed by atoms with Crippen LogP contribution in [0.25, 0.3) is 17.0 Å². The van der Waals surface area contributed by atoms with Crippen LogP contribution in [0.5, 0.6) is 0 Å². The SMILES string of the molecule is CN1CCN(C2=NC(=O)/C(=C/c3ccc4c(cnn4Cc4ccc(S(C)(=O)=O)cc4Cl)c3)S2)CC1. The van der Waals surface area contributed by atoms with E-state index in [2.05, 4.69) is 26.9 Å². The van der Waals surface area contributed by atoms with E-state index in [1.807, 2.05) is 29.0 Å². The first-order chi connectivity index (χ1) is 16.7. The Morgan fingerprint density at radius 3 is 2.60 bits per heavy atom. The molecule has 0 unspecified atom stereocenters. The van der Waals surface area contributed by atoms with Gasteiger partial charge < -0.3 is 9.80 Å². The van der Waals surface area contributed by atoms with Crippen LogP contribution >= 0.6 is 23.4 Å². The topological polar surface area (TPSA) is 87.9 Å². The van der Waals surface area contributed by atoms with Gasteiger partial charge >= 0.3 is 0 Å². The fourth-order valence-electron chi connectivity index (χ4n) is 4.05. The van der Waals surface area contributed by atoms with Crippen molar-refractivity contribution < 1.29 is 13.2 Å². The summed E-state index contributed by atoms with van der Waals surface area (Å²) in [5.74, 6) is -0.202. The van der Waals surface area contributed by atoms with Crippen molar-refractivity contribution in [2.45, 2.75) is 11.4 Å². The van der Waals surface area contributed by atoms with Gasteiger partial charge in [-0.25, -0.2) is 8.42 Å². The van der Waals surface area contributed by atoms with E-state index in [4.69, 9.17) is 11.6 Å². The number of amidine groups is 1. The molecule has 1 aromatic heterocycles. The summed E-state index contributed by atoms with van der Waals surface area (Å²) in [7, 11) is -1.22. The predicted molar refractivity (Wildman–Crippen MR) is 140 cm³/mol. The lowest BCUT2D eigenvalue weighted by Gasteiger charge is -2.32. The van der Waals surface area contributed by atoms with Crippen LogP contribution in [0.15, 0.2) is 57.4 Å². The molecule has 8 nitrogen and oxygen atoms in total. The smallest absolute Gasteiger partial charge is 0.286 e. The zero-order valence-corrected chi connectivity index (χ0v) is 21.7. The summed E-state index contributed by atoms with van der Waals surface area (Å²) in [6, 6.07) is 10.6. The third-order valence-corrected chi connectivity index (χ3v) is 8.63. The van der Waals surface area contributed by atoms with Crippen LogP contribution in [0.4, 0.5) is 0 Å². The summed E-state index contributed by atoms with van der Waals surface area (Å²) in [5.41, 5.74) is 2.59. The van der Waals surface area contributed by atoms with Crippen molar-refractivity contribution in [3.8, 4) is 0 Å². The number of carbonyl (C=O) groups is 1. The molecule has 1 fully saturated rings. The number of carbonyl (C=O) groups excluding carboxylic acids is 1. The number of aliphatic imine (C=N–C) groups is 1. The monoisotopic (exact) mass is 529 g/mol. The van der Waals surface area contributed by atoms with Crippen molar-refractivity contribution >= 4 is 61.3 Å². The molecule has 3 aromatic rings. The number of sulfone groups is 1. The van der Waals surface area contributed by atoms with E-state index in [-0.39, 0.29) is 10.8 Å². The first-order valence-corrected chi connectivity index (χ1v) is 14.2. The largest absolute Gasteiger partial charge is 0.348 e. The molecule has 35 heavy (non-hydrogen) atoms. The van der Waals surface area contributed by atoms with Crippen LogP contribution in [0.1, 0.15) is 11.1 Å². The molecule has 0 saturated carbocycles. The number of hydrogen-bond acceptors (Lipinski definition) is 7. The molecule has 0 atom stereocenters. The van der Waals surface area contributed by atoms with Gasteiger partial charge in [-0.2, -0.15) is 10.1 Å². The molecule has 11 heteroatoms. The highest BCUT2D eigenvalue weighted by Gasteiger charge is 2.27. The van der Waals surface area contributed by atoms with Crippen LogP contribution in [0, 0.1) is 0 Å². The van der Waals surface area contributed by atoms with Gasteiger partial charge in [0.05, 0.1) is 28.1 Å². The fraction of sp³-hybridized carbons (Fsp3) is 0.292. The molecule has 1 amide bonds. The zero-order valence-electron chi connectivity index (χ0n) is 19.3. The van der Waals surface area contributed by atoms with Gasteiger partial charge in [0, 0.05) is 42.8 Å². The van der Waals surface area contributed by atoms with E-state index < -0.39 is 9.84 Å². The number of piperazine rings is 1. The standard InChI is InChI=1S/C24H24ClN5O3S2/c1-28-7-9-29(10-8-28)24-27-23(31)22(34-24)12-16-3-6-21-18(11-16)14-26-30(21)15-17-4-5-19(13-20(17)25)35(2,32)33/h3-6,11-14H,7-10,15H2,1-2H3/b22-12-. The molecule has 0 spiro atoms. The summed E-state index contributed by atoms with van der Waals surface area (Å²) in [5, 5.41) is 6.57. The Bertz CT molecular complexity index is 1490. The van der Waals surface area contributed by atoms with Crippen molar-refractivity contribution in [1.82, 2.24) is 19.6 Å². The van der Waals surface area contributed by atoms with Crippen molar-refractivity contribution in [2.75, 3.05) is 39.5 Å².